The predicted octanol–water partition coefficient (Wildman–Crippen LogP) is 1.60. The molecule has 5 heteroatoms. The monoisotopic (exact) mass is 268 g/mol. The third kappa shape index (κ3) is 5.04. The number of ether oxygens (including phenoxy) is 2. The second kappa shape index (κ2) is 8.72. The van der Waals surface area contributed by atoms with Crippen LogP contribution in [0.4, 0.5) is 0 Å². The number of nitrogens with zero attached hydrogens (tertiary/aromatic N) is 1. The SMILES string of the molecule is COc1ccnc(CNCCCC(C)CO)c1OC. The van der Waals surface area contributed by atoms with E-state index in [4.69, 9.17) is 14.6 Å². The summed E-state index contributed by atoms with van der Waals surface area (Å²) in [6.07, 6.45) is 3.77. The van der Waals surface area contributed by atoms with Crippen LogP contribution in [0.2, 0.25) is 0 Å². The third-order valence-corrected chi connectivity index (χ3v) is 3.02. The lowest BCUT2D eigenvalue weighted by atomic mass is 10.1. The minimum absolute atomic E-state index is 0.255. The molecule has 1 aromatic heterocycles. The molecule has 0 aromatic carbocycles. The van der Waals surface area contributed by atoms with Gasteiger partial charge in [-0.25, -0.2) is 0 Å². The van der Waals surface area contributed by atoms with Crippen LogP contribution < -0.4 is 14.8 Å². The van der Waals surface area contributed by atoms with Crippen LogP contribution in [-0.2, 0) is 6.54 Å². The molecule has 1 unspecified atom stereocenters. The van der Waals surface area contributed by atoms with E-state index in [1.807, 2.05) is 6.92 Å². The van der Waals surface area contributed by atoms with Crippen molar-refractivity contribution in [3.8, 4) is 11.5 Å². The fourth-order valence-electron chi connectivity index (χ4n) is 1.85. The number of pyridine rings is 1. The standard InChI is InChI=1S/C14H24N2O3/c1-11(10-17)5-4-7-15-9-12-14(19-3)13(18-2)6-8-16-12/h6,8,11,15,17H,4-5,7,9-10H2,1-3H3. The molecule has 2 N–H and O–H groups in total. The van der Waals surface area contributed by atoms with Crippen molar-refractivity contribution in [3.63, 3.8) is 0 Å². The quantitative estimate of drug-likeness (QED) is 0.666. The van der Waals surface area contributed by atoms with E-state index in [9.17, 15) is 0 Å². The van der Waals surface area contributed by atoms with Crippen LogP contribution in [-0.4, -0.2) is 37.5 Å². The number of hydrogen-bond donors (Lipinski definition) is 2. The molecule has 1 heterocycles. The van der Waals surface area contributed by atoms with E-state index in [-0.39, 0.29) is 6.61 Å². The highest BCUT2D eigenvalue weighted by atomic mass is 16.5. The molecule has 0 saturated carbocycles. The molecule has 0 spiro atoms. The van der Waals surface area contributed by atoms with Gasteiger partial charge in [-0.15, -0.1) is 0 Å². The van der Waals surface area contributed by atoms with Gasteiger partial charge in [-0.05, 0) is 25.3 Å². The van der Waals surface area contributed by atoms with Gasteiger partial charge in [0.15, 0.2) is 11.5 Å². The summed E-state index contributed by atoms with van der Waals surface area (Å²) in [5.41, 5.74) is 0.844. The molecule has 0 saturated heterocycles. The van der Waals surface area contributed by atoms with Crippen LogP contribution in [0.1, 0.15) is 25.5 Å². The van der Waals surface area contributed by atoms with Crippen LogP contribution in [0.25, 0.3) is 0 Å². The van der Waals surface area contributed by atoms with Crippen LogP contribution in [0, 0.1) is 5.92 Å². The van der Waals surface area contributed by atoms with E-state index in [1.54, 1.807) is 26.5 Å². The first-order valence-electron chi connectivity index (χ1n) is 6.60. The first-order valence-corrected chi connectivity index (χ1v) is 6.60. The highest BCUT2D eigenvalue weighted by Crippen LogP contribution is 2.28. The zero-order valence-corrected chi connectivity index (χ0v) is 12.0. The Morgan fingerprint density at radius 2 is 2.16 bits per heavy atom. The largest absolute Gasteiger partial charge is 0.493 e. The van der Waals surface area contributed by atoms with Crippen molar-refractivity contribution in [2.24, 2.45) is 5.92 Å². The van der Waals surface area contributed by atoms with E-state index in [1.165, 1.54) is 0 Å². The van der Waals surface area contributed by atoms with Crippen molar-refractivity contribution in [2.45, 2.75) is 26.3 Å². The Hall–Kier alpha value is -1.33. The van der Waals surface area contributed by atoms with Gasteiger partial charge in [0.25, 0.3) is 0 Å². The van der Waals surface area contributed by atoms with Gasteiger partial charge in [-0.1, -0.05) is 6.92 Å². The van der Waals surface area contributed by atoms with Crippen LogP contribution in [0.5, 0.6) is 11.5 Å². The van der Waals surface area contributed by atoms with Crippen molar-refractivity contribution in [2.75, 3.05) is 27.4 Å². The average Bonchev–Trinajstić information content (AvgIpc) is 2.45. The van der Waals surface area contributed by atoms with E-state index < -0.39 is 0 Å². The lowest BCUT2D eigenvalue weighted by Crippen LogP contribution is -2.17. The van der Waals surface area contributed by atoms with Crippen LogP contribution in [0.3, 0.4) is 0 Å². The average molecular weight is 268 g/mol. The first-order chi connectivity index (χ1) is 9.22. The second-order valence-electron chi connectivity index (χ2n) is 4.60. The molecule has 1 aromatic rings. The van der Waals surface area contributed by atoms with E-state index >= 15 is 0 Å². The predicted molar refractivity (Wildman–Crippen MR) is 74.5 cm³/mol. The smallest absolute Gasteiger partial charge is 0.183 e. The van der Waals surface area contributed by atoms with Gasteiger partial charge >= 0.3 is 0 Å². The number of aliphatic hydroxyl groups excluding tert-OH is 1. The number of aliphatic hydroxyl groups is 1. The molecule has 0 fully saturated rings. The molecule has 0 aliphatic carbocycles. The Morgan fingerprint density at radius 3 is 2.79 bits per heavy atom. The molecular formula is C14H24N2O3. The molecule has 1 atom stereocenters. The maximum Gasteiger partial charge on any atom is 0.183 e. The van der Waals surface area contributed by atoms with Crippen molar-refractivity contribution in [1.29, 1.82) is 0 Å². The maximum atomic E-state index is 8.93. The molecule has 108 valence electrons. The van der Waals surface area contributed by atoms with Gasteiger partial charge in [0.1, 0.15) is 0 Å². The van der Waals surface area contributed by atoms with Gasteiger partial charge in [-0.2, -0.15) is 0 Å². The second-order valence-corrected chi connectivity index (χ2v) is 4.60. The highest BCUT2D eigenvalue weighted by molar-refractivity contribution is 5.42. The summed E-state index contributed by atoms with van der Waals surface area (Å²) in [5, 5.41) is 12.3. The van der Waals surface area contributed by atoms with Crippen molar-refractivity contribution in [3.05, 3.63) is 18.0 Å². The number of hydrogen-bond acceptors (Lipinski definition) is 5. The zero-order chi connectivity index (χ0) is 14.1. The highest BCUT2D eigenvalue weighted by Gasteiger charge is 2.10. The molecule has 0 radical (unpaired) electrons. The molecule has 5 nitrogen and oxygen atoms in total. The fraction of sp³-hybridized carbons (Fsp3) is 0.643. The minimum atomic E-state index is 0.255. The zero-order valence-electron chi connectivity index (χ0n) is 12.0. The summed E-state index contributed by atoms with van der Waals surface area (Å²) in [6, 6.07) is 1.78. The van der Waals surface area contributed by atoms with Gasteiger partial charge < -0.3 is 19.9 Å². The number of methoxy groups -OCH3 is 2. The summed E-state index contributed by atoms with van der Waals surface area (Å²) in [7, 11) is 3.23. The Labute approximate surface area is 115 Å². The Bertz CT molecular complexity index is 372. The summed E-state index contributed by atoms with van der Waals surface area (Å²) >= 11 is 0. The number of nitrogens with one attached hydrogen (secondary N) is 1. The van der Waals surface area contributed by atoms with Crippen molar-refractivity contribution < 1.29 is 14.6 Å². The molecule has 1 rings (SSSR count). The number of rotatable bonds is 9. The minimum Gasteiger partial charge on any atom is -0.493 e. The lowest BCUT2D eigenvalue weighted by Gasteiger charge is -2.12. The molecule has 0 aliphatic rings. The Kier molecular flexibility index (Phi) is 7.22. The molecule has 0 aliphatic heterocycles. The first kappa shape index (κ1) is 15.7. The lowest BCUT2D eigenvalue weighted by molar-refractivity contribution is 0.228. The summed E-state index contributed by atoms with van der Waals surface area (Å²) in [4.78, 5) is 4.30. The fourth-order valence-corrected chi connectivity index (χ4v) is 1.85. The Balaban J connectivity index is 2.41. The topological polar surface area (TPSA) is 63.6 Å². The van der Waals surface area contributed by atoms with E-state index in [0.29, 0.717) is 24.0 Å². The van der Waals surface area contributed by atoms with Gasteiger partial charge in [0.05, 0.1) is 19.9 Å². The molecular weight excluding hydrogens is 244 g/mol. The van der Waals surface area contributed by atoms with E-state index in [0.717, 1.165) is 25.1 Å². The van der Waals surface area contributed by atoms with E-state index in [2.05, 4.69) is 10.3 Å². The maximum absolute atomic E-state index is 8.93. The van der Waals surface area contributed by atoms with Gasteiger partial charge in [0, 0.05) is 25.4 Å². The van der Waals surface area contributed by atoms with Crippen molar-refractivity contribution >= 4 is 0 Å². The van der Waals surface area contributed by atoms with Gasteiger partial charge in [-0.3, -0.25) is 4.98 Å². The normalized spacial score (nSPS) is 12.2. The van der Waals surface area contributed by atoms with Crippen LogP contribution >= 0.6 is 0 Å². The summed E-state index contributed by atoms with van der Waals surface area (Å²) in [6.45, 7) is 3.85. The Morgan fingerprint density at radius 1 is 1.37 bits per heavy atom. The summed E-state index contributed by atoms with van der Waals surface area (Å²) < 4.78 is 10.5. The number of aromatic nitrogens is 1. The molecule has 0 amide bonds. The summed E-state index contributed by atoms with van der Waals surface area (Å²) in [5.74, 6) is 1.75. The van der Waals surface area contributed by atoms with Gasteiger partial charge in [0.2, 0.25) is 0 Å². The molecule has 19 heavy (non-hydrogen) atoms. The third-order valence-electron chi connectivity index (χ3n) is 3.02. The van der Waals surface area contributed by atoms with Crippen LogP contribution in [0.15, 0.2) is 12.3 Å². The molecule has 0 bridgehead atoms. The van der Waals surface area contributed by atoms with Crippen molar-refractivity contribution in [1.82, 2.24) is 10.3 Å².